The van der Waals surface area contributed by atoms with Gasteiger partial charge in [-0.3, -0.25) is 0 Å². The van der Waals surface area contributed by atoms with Crippen molar-refractivity contribution < 1.29 is 39.8 Å². The molecule has 5 N–H and O–H groups in total. The summed E-state index contributed by atoms with van der Waals surface area (Å²) in [5.41, 5.74) is -2.41. The Morgan fingerprint density at radius 2 is 1.91 bits per heavy atom. The number of carbonyl (C=O) groups excluding carboxylic acids is 1. The smallest absolute Gasteiger partial charge is 0.342 e. The van der Waals surface area contributed by atoms with E-state index in [4.69, 9.17) is 9.47 Å². The number of fused-ring (bicyclic) bond motifs is 3. The minimum atomic E-state index is -1.66. The average molecular weight is 449 g/mol. The molecule has 8 nitrogen and oxygen atoms in total. The van der Waals surface area contributed by atoms with Gasteiger partial charge in [0.05, 0.1) is 26.4 Å². The molecular formula is C24H32O8. The summed E-state index contributed by atoms with van der Waals surface area (Å²) in [6.07, 6.45) is 0.784. The number of phenols is 1. The first-order valence-electron chi connectivity index (χ1n) is 10.9. The Morgan fingerprint density at radius 1 is 1.22 bits per heavy atom. The minimum absolute atomic E-state index is 0.0139. The van der Waals surface area contributed by atoms with Crippen molar-refractivity contribution in [1.29, 1.82) is 0 Å². The van der Waals surface area contributed by atoms with E-state index in [9.17, 15) is 30.3 Å². The van der Waals surface area contributed by atoms with Crippen LogP contribution in [0.4, 0.5) is 0 Å². The van der Waals surface area contributed by atoms with Crippen molar-refractivity contribution in [3.63, 3.8) is 0 Å². The number of aliphatic hydroxyl groups excluding tert-OH is 3. The van der Waals surface area contributed by atoms with Crippen LogP contribution in [-0.2, 0) is 4.74 Å². The third-order valence-electron chi connectivity index (χ3n) is 8.31. The molecular weight excluding hydrogens is 416 g/mol. The number of hydrogen-bond donors (Lipinski definition) is 5. The lowest BCUT2D eigenvalue weighted by molar-refractivity contribution is -0.261. The highest BCUT2D eigenvalue weighted by molar-refractivity contribution is 5.94. The van der Waals surface area contributed by atoms with Gasteiger partial charge in [-0.25, -0.2) is 4.79 Å². The van der Waals surface area contributed by atoms with Crippen LogP contribution in [0.2, 0.25) is 0 Å². The molecule has 0 aliphatic heterocycles. The van der Waals surface area contributed by atoms with E-state index in [2.05, 4.69) is 0 Å². The Balaban J connectivity index is 1.65. The second-order valence-corrected chi connectivity index (χ2v) is 10.1. The molecule has 7 atom stereocenters. The summed E-state index contributed by atoms with van der Waals surface area (Å²) in [4.78, 5) is 12.9. The Bertz CT molecular complexity index is 950. The van der Waals surface area contributed by atoms with Crippen molar-refractivity contribution in [2.45, 2.75) is 51.4 Å². The number of ether oxygens (including phenoxy) is 2. The van der Waals surface area contributed by atoms with Gasteiger partial charge in [0.15, 0.2) is 0 Å². The van der Waals surface area contributed by atoms with Gasteiger partial charge in [0.1, 0.15) is 28.8 Å². The van der Waals surface area contributed by atoms with E-state index in [0.29, 0.717) is 23.3 Å². The predicted octanol–water partition coefficient (Wildman–Crippen LogP) is 1.30. The summed E-state index contributed by atoms with van der Waals surface area (Å²) in [6, 6.07) is 2.92. The van der Waals surface area contributed by atoms with Crippen LogP contribution in [0.5, 0.6) is 11.5 Å². The fraction of sp³-hybridized carbons (Fsp3) is 0.625. The third kappa shape index (κ3) is 2.86. The summed E-state index contributed by atoms with van der Waals surface area (Å²) in [6.45, 7) is 4.69. The topological polar surface area (TPSA) is 137 Å². The number of hydrogen-bond acceptors (Lipinski definition) is 8. The van der Waals surface area contributed by atoms with Crippen molar-refractivity contribution in [2.75, 3.05) is 20.3 Å². The highest BCUT2D eigenvalue weighted by Gasteiger charge is 2.74. The standard InChI is InChI=1S/C24H32O8/c1-12-5-15(31-4)7-16(27)18(12)21(29)32-17-9-23(3)19-13(6-14(10-25)24(17,23)30)8-22(2,11-26)20(19)28/h5-7,13,17,19-20,25-28,30H,8-11H2,1-4H3. The van der Waals surface area contributed by atoms with E-state index in [1.165, 1.54) is 13.2 Å². The van der Waals surface area contributed by atoms with Gasteiger partial charge >= 0.3 is 5.97 Å². The van der Waals surface area contributed by atoms with Gasteiger partial charge < -0.3 is 35.0 Å². The van der Waals surface area contributed by atoms with E-state index >= 15 is 0 Å². The first kappa shape index (κ1) is 23.0. The number of aromatic hydroxyl groups is 1. The Morgan fingerprint density at radius 3 is 2.47 bits per heavy atom. The van der Waals surface area contributed by atoms with Crippen molar-refractivity contribution in [2.24, 2.45) is 22.7 Å². The second kappa shape index (κ2) is 7.45. The quantitative estimate of drug-likeness (QED) is 0.336. The molecule has 1 aromatic carbocycles. The van der Waals surface area contributed by atoms with Crippen molar-refractivity contribution in [3.8, 4) is 11.5 Å². The van der Waals surface area contributed by atoms with Crippen LogP contribution >= 0.6 is 0 Å². The number of phenolic OH excluding ortho intramolecular Hbond substituents is 1. The summed E-state index contributed by atoms with van der Waals surface area (Å²) >= 11 is 0. The van der Waals surface area contributed by atoms with Crippen LogP contribution in [0.1, 0.15) is 42.6 Å². The maximum atomic E-state index is 12.9. The van der Waals surface area contributed by atoms with Crippen LogP contribution < -0.4 is 4.74 Å². The second-order valence-electron chi connectivity index (χ2n) is 10.1. The van der Waals surface area contributed by atoms with Gasteiger partial charge in [-0.05, 0) is 42.9 Å². The molecule has 3 aliphatic carbocycles. The van der Waals surface area contributed by atoms with E-state index in [1.807, 2.05) is 13.8 Å². The van der Waals surface area contributed by atoms with E-state index < -0.39 is 41.2 Å². The SMILES string of the molecule is COc1cc(C)c(C(=O)OC2CC3(C)C4C(C=C(CO)C23O)CC(C)(CO)C4O)c(O)c1. The molecule has 176 valence electrons. The lowest BCUT2D eigenvalue weighted by atomic mass is 9.43. The average Bonchev–Trinajstić information content (AvgIpc) is 3.00. The number of aryl methyl sites for hydroxylation is 1. The first-order chi connectivity index (χ1) is 15.0. The molecule has 7 unspecified atom stereocenters. The Hall–Kier alpha value is -2.13. The van der Waals surface area contributed by atoms with Crippen molar-refractivity contribution in [3.05, 3.63) is 34.9 Å². The molecule has 4 rings (SSSR count). The highest BCUT2D eigenvalue weighted by Crippen LogP contribution is 2.68. The third-order valence-corrected chi connectivity index (χ3v) is 8.31. The van der Waals surface area contributed by atoms with Gasteiger partial charge in [0.25, 0.3) is 0 Å². The molecule has 0 radical (unpaired) electrons. The minimum Gasteiger partial charge on any atom is -0.507 e. The van der Waals surface area contributed by atoms with Crippen LogP contribution in [0.15, 0.2) is 23.8 Å². The van der Waals surface area contributed by atoms with Crippen LogP contribution in [0, 0.1) is 29.6 Å². The van der Waals surface area contributed by atoms with Crippen LogP contribution in [0.25, 0.3) is 0 Å². The maximum Gasteiger partial charge on any atom is 0.342 e. The molecule has 3 aliphatic rings. The number of benzene rings is 1. The lowest BCUT2D eigenvalue weighted by Gasteiger charge is -2.65. The number of esters is 1. The monoisotopic (exact) mass is 448 g/mol. The summed E-state index contributed by atoms with van der Waals surface area (Å²) in [5, 5.41) is 53.1. The molecule has 0 bridgehead atoms. The summed E-state index contributed by atoms with van der Waals surface area (Å²) in [7, 11) is 1.45. The zero-order chi connectivity index (χ0) is 23.6. The number of carbonyl (C=O) groups is 1. The fourth-order valence-corrected chi connectivity index (χ4v) is 6.48. The fourth-order valence-electron chi connectivity index (χ4n) is 6.48. The number of methoxy groups -OCH3 is 1. The molecule has 0 saturated heterocycles. The zero-order valence-corrected chi connectivity index (χ0v) is 18.8. The number of aliphatic hydroxyl groups is 4. The maximum absolute atomic E-state index is 12.9. The highest BCUT2D eigenvalue weighted by atomic mass is 16.6. The van der Waals surface area contributed by atoms with E-state index in [-0.39, 0.29) is 36.2 Å². The molecule has 0 spiro atoms. The van der Waals surface area contributed by atoms with Crippen molar-refractivity contribution >= 4 is 5.97 Å². The molecule has 0 aromatic heterocycles. The molecule has 8 heteroatoms. The normalized spacial score (nSPS) is 40.1. The van der Waals surface area contributed by atoms with Gasteiger partial charge in [-0.1, -0.05) is 19.9 Å². The van der Waals surface area contributed by atoms with Crippen LogP contribution in [-0.4, -0.2) is 69.6 Å². The van der Waals surface area contributed by atoms with Crippen LogP contribution in [0.3, 0.4) is 0 Å². The van der Waals surface area contributed by atoms with Gasteiger partial charge in [-0.2, -0.15) is 0 Å². The van der Waals surface area contributed by atoms with Crippen molar-refractivity contribution in [1.82, 2.24) is 0 Å². The molecule has 0 heterocycles. The Labute approximate surface area is 187 Å². The van der Waals surface area contributed by atoms with Gasteiger partial charge in [0, 0.05) is 22.8 Å². The number of allylic oxidation sites excluding steroid dienone is 1. The molecule has 32 heavy (non-hydrogen) atoms. The summed E-state index contributed by atoms with van der Waals surface area (Å²) < 4.78 is 10.8. The molecule has 2 fully saturated rings. The van der Waals surface area contributed by atoms with E-state index in [0.717, 1.165) is 0 Å². The van der Waals surface area contributed by atoms with Gasteiger partial charge in [0.2, 0.25) is 0 Å². The number of rotatable bonds is 5. The zero-order valence-electron chi connectivity index (χ0n) is 18.8. The van der Waals surface area contributed by atoms with Gasteiger partial charge in [-0.15, -0.1) is 0 Å². The molecule has 1 aromatic rings. The molecule has 2 saturated carbocycles. The lowest BCUT2D eigenvalue weighted by Crippen LogP contribution is -2.74. The van der Waals surface area contributed by atoms with E-state index in [1.54, 1.807) is 19.1 Å². The first-order valence-corrected chi connectivity index (χ1v) is 10.9. The summed E-state index contributed by atoms with van der Waals surface area (Å²) in [5.74, 6) is -1.13. The largest absolute Gasteiger partial charge is 0.507 e. The Kier molecular flexibility index (Phi) is 5.36. The molecule has 0 amide bonds. The predicted molar refractivity (Wildman–Crippen MR) is 114 cm³/mol.